The Kier molecular flexibility index (Phi) is 5.14. The Morgan fingerprint density at radius 2 is 1.72 bits per heavy atom. The zero-order valence-corrected chi connectivity index (χ0v) is 15.4. The van der Waals surface area contributed by atoms with Gasteiger partial charge in [0.25, 0.3) is 5.56 Å². The number of aromatic nitrogens is 2. The van der Waals surface area contributed by atoms with Gasteiger partial charge in [-0.1, -0.05) is 23.7 Å². The molecular weight excluding hydrogens is 418 g/mol. The monoisotopic (exact) mass is 429 g/mol. The molecule has 0 amide bonds. The number of rotatable bonds is 3. The van der Waals surface area contributed by atoms with Crippen LogP contribution < -0.4 is 21.7 Å². The molecule has 0 aliphatic rings. The minimum Gasteiger partial charge on any atom is -0.454 e. The fraction of sp³-hybridized carbons (Fsp3) is 0.111. The summed E-state index contributed by atoms with van der Waals surface area (Å²) in [4.78, 5) is 24.6. The average molecular weight is 430 g/mol. The lowest BCUT2D eigenvalue weighted by Gasteiger charge is -2.16. The molecular formula is C18H12ClF4N3O3. The summed E-state index contributed by atoms with van der Waals surface area (Å²) in [6.07, 6.45) is -4.94. The van der Waals surface area contributed by atoms with Gasteiger partial charge in [0.2, 0.25) is 0 Å². The first kappa shape index (κ1) is 20.5. The highest BCUT2D eigenvalue weighted by molar-refractivity contribution is 6.32. The number of hydrogen-bond acceptors (Lipinski definition) is 4. The number of nitrogens with zero attached hydrogens (tertiary/aromatic N) is 2. The number of nitrogens with two attached hydrogens (primary N) is 1. The van der Waals surface area contributed by atoms with Crippen LogP contribution in [0.15, 0.2) is 52.1 Å². The van der Waals surface area contributed by atoms with Gasteiger partial charge in [-0.2, -0.15) is 13.2 Å². The van der Waals surface area contributed by atoms with Crippen LogP contribution in [0.5, 0.6) is 11.5 Å². The summed E-state index contributed by atoms with van der Waals surface area (Å²) in [5.74, 6) is -1.10. The van der Waals surface area contributed by atoms with Crippen LogP contribution in [0.3, 0.4) is 0 Å². The van der Waals surface area contributed by atoms with E-state index >= 15 is 0 Å². The maximum absolute atomic E-state index is 14.5. The zero-order valence-electron chi connectivity index (χ0n) is 14.6. The van der Waals surface area contributed by atoms with E-state index in [2.05, 4.69) is 0 Å². The summed E-state index contributed by atoms with van der Waals surface area (Å²) in [6.45, 7) is 0. The van der Waals surface area contributed by atoms with E-state index in [1.807, 2.05) is 0 Å². The summed E-state index contributed by atoms with van der Waals surface area (Å²) in [5.41, 5.74) is 1.15. The van der Waals surface area contributed by atoms with Gasteiger partial charge in [-0.15, -0.1) is 0 Å². The first-order valence-electron chi connectivity index (χ1n) is 7.92. The summed E-state index contributed by atoms with van der Waals surface area (Å²) < 4.78 is 59.4. The van der Waals surface area contributed by atoms with E-state index in [-0.39, 0.29) is 37.4 Å². The van der Waals surface area contributed by atoms with E-state index in [9.17, 15) is 27.2 Å². The van der Waals surface area contributed by atoms with Crippen LogP contribution in [0.25, 0.3) is 5.69 Å². The number of benzene rings is 2. The van der Waals surface area contributed by atoms with Gasteiger partial charge in [-0.25, -0.2) is 13.8 Å². The van der Waals surface area contributed by atoms with E-state index in [4.69, 9.17) is 22.1 Å². The standard InChI is InChI=1S/C18H12ClF4N3O3/c1-25-15(18(21,22)23)8-16(27)26(17(25)28)12-7-14(9(19)6-10(12)20)29-13-5-3-2-4-11(13)24/h2-8H,24H2,1H3. The molecule has 1 aromatic heterocycles. The van der Waals surface area contributed by atoms with E-state index in [1.54, 1.807) is 12.1 Å². The maximum Gasteiger partial charge on any atom is 0.431 e. The molecule has 0 saturated heterocycles. The fourth-order valence-corrected chi connectivity index (χ4v) is 2.77. The lowest BCUT2D eigenvalue weighted by molar-refractivity contribution is -0.144. The second kappa shape index (κ2) is 7.28. The molecule has 0 unspecified atom stereocenters. The number of halogens is 5. The Labute approximate surface area is 165 Å². The lowest BCUT2D eigenvalue weighted by atomic mass is 10.2. The zero-order chi connectivity index (χ0) is 21.5. The van der Waals surface area contributed by atoms with Gasteiger partial charge in [0, 0.05) is 19.2 Å². The molecule has 0 aliphatic carbocycles. The number of anilines is 1. The van der Waals surface area contributed by atoms with Gasteiger partial charge in [-0.3, -0.25) is 9.36 Å². The molecule has 2 N–H and O–H groups in total. The molecule has 0 radical (unpaired) electrons. The Bertz CT molecular complexity index is 1220. The molecule has 0 aliphatic heterocycles. The van der Waals surface area contributed by atoms with E-state index < -0.39 is 34.6 Å². The largest absolute Gasteiger partial charge is 0.454 e. The van der Waals surface area contributed by atoms with Gasteiger partial charge < -0.3 is 10.5 Å². The predicted octanol–water partition coefficient (Wildman–Crippen LogP) is 3.72. The first-order valence-corrected chi connectivity index (χ1v) is 8.30. The van der Waals surface area contributed by atoms with Crippen LogP contribution in [0, 0.1) is 5.82 Å². The minimum atomic E-state index is -4.94. The van der Waals surface area contributed by atoms with Crippen molar-refractivity contribution in [2.75, 3.05) is 5.73 Å². The molecule has 3 aromatic rings. The summed E-state index contributed by atoms with van der Waals surface area (Å²) in [7, 11) is 0.816. The Hall–Kier alpha value is -3.27. The van der Waals surface area contributed by atoms with Crippen molar-refractivity contribution >= 4 is 17.3 Å². The van der Waals surface area contributed by atoms with Crippen molar-refractivity contribution in [3.8, 4) is 17.2 Å². The Balaban J connectivity index is 2.20. The van der Waals surface area contributed by atoms with E-state index in [0.29, 0.717) is 0 Å². The van der Waals surface area contributed by atoms with Crippen molar-refractivity contribution in [3.05, 3.63) is 79.8 Å². The highest BCUT2D eigenvalue weighted by Gasteiger charge is 2.35. The van der Waals surface area contributed by atoms with E-state index in [1.165, 1.54) is 12.1 Å². The smallest absolute Gasteiger partial charge is 0.431 e. The fourth-order valence-electron chi connectivity index (χ4n) is 2.58. The van der Waals surface area contributed by atoms with Crippen LogP contribution >= 0.6 is 11.6 Å². The first-order chi connectivity index (χ1) is 13.5. The van der Waals surface area contributed by atoms with Crippen molar-refractivity contribution in [3.63, 3.8) is 0 Å². The molecule has 2 aromatic carbocycles. The van der Waals surface area contributed by atoms with Crippen molar-refractivity contribution in [2.24, 2.45) is 7.05 Å². The van der Waals surface area contributed by atoms with Crippen LogP contribution in [0.2, 0.25) is 5.02 Å². The van der Waals surface area contributed by atoms with Gasteiger partial charge in [0.15, 0.2) is 0 Å². The molecule has 1 heterocycles. The molecule has 0 atom stereocenters. The van der Waals surface area contributed by atoms with E-state index in [0.717, 1.165) is 19.2 Å². The van der Waals surface area contributed by atoms with Gasteiger partial charge in [0.05, 0.1) is 16.4 Å². The predicted molar refractivity (Wildman–Crippen MR) is 98.2 cm³/mol. The van der Waals surface area contributed by atoms with Crippen LogP contribution in [0.4, 0.5) is 23.2 Å². The normalized spacial score (nSPS) is 11.5. The van der Waals surface area contributed by atoms with Gasteiger partial charge in [0.1, 0.15) is 23.0 Å². The SMILES string of the molecule is Cn1c(C(F)(F)F)cc(=O)n(-c2cc(Oc3ccccc3N)c(Cl)cc2F)c1=O. The number of alkyl halides is 3. The molecule has 6 nitrogen and oxygen atoms in total. The number of para-hydroxylation sites is 2. The summed E-state index contributed by atoms with van der Waals surface area (Å²) in [6, 6.07) is 8.19. The third-order valence-electron chi connectivity index (χ3n) is 3.99. The molecule has 29 heavy (non-hydrogen) atoms. The van der Waals surface area contributed by atoms with Crippen molar-refractivity contribution in [1.29, 1.82) is 0 Å². The van der Waals surface area contributed by atoms with Gasteiger partial charge >= 0.3 is 11.9 Å². The quantitative estimate of drug-likeness (QED) is 0.508. The topological polar surface area (TPSA) is 79.2 Å². The highest BCUT2D eigenvalue weighted by atomic mass is 35.5. The van der Waals surface area contributed by atoms with Crippen molar-refractivity contribution < 1.29 is 22.3 Å². The molecule has 152 valence electrons. The molecule has 0 saturated carbocycles. The number of nitrogen functional groups attached to an aromatic ring is 1. The van der Waals surface area contributed by atoms with Crippen LogP contribution in [-0.2, 0) is 13.2 Å². The van der Waals surface area contributed by atoms with Crippen LogP contribution in [0.1, 0.15) is 5.69 Å². The third-order valence-corrected chi connectivity index (χ3v) is 4.29. The lowest BCUT2D eigenvalue weighted by Crippen LogP contribution is -2.41. The van der Waals surface area contributed by atoms with Crippen molar-refractivity contribution in [1.82, 2.24) is 9.13 Å². The maximum atomic E-state index is 14.5. The molecule has 11 heteroatoms. The highest BCUT2D eigenvalue weighted by Crippen LogP contribution is 2.35. The second-order valence-electron chi connectivity index (χ2n) is 5.92. The van der Waals surface area contributed by atoms with Gasteiger partial charge in [-0.05, 0) is 18.2 Å². The Morgan fingerprint density at radius 3 is 2.34 bits per heavy atom. The number of ether oxygens (including phenoxy) is 1. The number of hydrogen-bond donors (Lipinski definition) is 1. The molecule has 0 spiro atoms. The minimum absolute atomic E-state index is 0.158. The summed E-state index contributed by atoms with van der Waals surface area (Å²) in [5, 5.41) is -0.203. The molecule has 3 rings (SSSR count). The van der Waals surface area contributed by atoms with Crippen molar-refractivity contribution in [2.45, 2.75) is 6.18 Å². The van der Waals surface area contributed by atoms with Crippen LogP contribution in [-0.4, -0.2) is 9.13 Å². The average Bonchev–Trinajstić information content (AvgIpc) is 2.62. The summed E-state index contributed by atoms with van der Waals surface area (Å²) >= 11 is 5.96. The second-order valence-corrected chi connectivity index (χ2v) is 6.32. The molecule has 0 bridgehead atoms. The third kappa shape index (κ3) is 3.83. The molecule has 0 fully saturated rings. The Morgan fingerprint density at radius 1 is 1.07 bits per heavy atom.